The molecule has 0 radical (unpaired) electrons. The highest BCUT2D eigenvalue weighted by Crippen LogP contribution is 2.10. The van der Waals surface area contributed by atoms with Crippen LogP contribution in [0.25, 0.3) is 0 Å². The van der Waals surface area contributed by atoms with E-state index in [1.807, 2.05) is 0 Å². The molecule has 0 aliphatic heterocycles. The number of hydrogen-bond acceptors (Lipinski definition) is 4. The fourth-order valence-corrected chi connectivity index (χ4v) is 1.40. The zero-order valence-corrected chi connectivity index (χ0v) is 9.77. The fourth-order valence-electron chi connectivity index (χ4n) is 1.21. The number of hydrogen-bond donors (Lipinski definition) is 2. The van der Waals surface area contributed by atoms with E-state index in [4.69, 9.17) is 11.6 Å². The number of amides is 2. The Morgan fingerprint density at radius 3 is 2.61 bits per heavy atom. The molecule has 1 heterocycles. The van der Waals surface area contributed by atoms with E-state index in [1.54, 1.807) is 18.2 Å². The van der Waals surface area contributed by atoms with Crippen molar-refractivity contribution in [2.24, 2.45) is 0 Å². The lowest BCUT2D eigenvalue weighted by molar-refractivity contribution is 0.0825. The van der Waals surface area contributed by atoms with Gasteiger partial charge in [-0.05, 0) is 18.2 Å². The average Bonchev–Trinajstić information content (AvgIpc) is 2.89. The van der Waals surface area contributed by atoms with E-state index in [-0.39, 0.29) is 5.76 Å². The van der Waals surface area contributed by atoms with E-state index in [0.29, 0.717) is 10.6 Å². The second kappa shape index (κ2) is 5.33. The summed E-state index contributed by atoms with van der Waals surface area (Å²) in [5, 5.41) is 3.81. The maximum Gasteiger partial charge on any atom is 0.308 e. The summed E-state index contributed by atoms with van der Waals surface area (Å²) in [6.45, 7) is 0. The lowest BCUT2D eigenvalue weighted by Crippen LogP contribution is -2.41. The average molecular weight is 266 g/mol. The highest BCUT2D eigenvalue weighted by atomic mass is 35.5. The van der Waals surface area contributed by atoms with Gasteiger partial charge in [-0.25, -0.2) is 0 Å². The molecule has 0 saturated heterocycles. The van der Waals surface area contributed by atoms with Crippen LogP contribution in [-0.2, 0) is 0 Å². The number of aromatic nitrogens is 1. The normalized spacial score (nSPS) is 9.83. The van der Waals surface area contributed by atoms with Crippen molar-refractivity contribution in [2.75, 3.05) is 0 Å². The Labute approximate surface area is 107 Å². The molecule has 0 spiro atoms. The Hall–Kier alpha value is -2.34. The molecule has 6 nitrogen and oxygen atoms in total. The van der Waals surface area contributed by atoms with Gasteiger partial charge in [0, 0.05) is 16.7 Å². The molecule has 0 atom stereocenters. The first-order valence-electron chi connectivity index (χ1n) is 4.94. The first-order chi connectivity index (χ1) is 8.66. The van der Waals surface area contributed by atoms with Gasteiger partial charge in [-0.15, -0.1) is 0 Å². The van der Waals surface area contributed by atoms with Crippen LogP contribution in [0, 0.1) is 0 Å². The molecule has 0 bridgehead atoms. The van der Waals surface area contributed by atoms with E-state index < -0.39 is 11.8 Å². The number of carbonyl (C=O) groups excluding carboxylic acids is 2. The van der Waals surface area contributed by atoms with Crippen LogP contribution in [0.4, 0.5) is 0 Å². The number of carbonyl (C=O) groups is 2. The first-order valence-corrected chi connectivity index (χ1v) is 5.31. The third kappa shape index (κ3) is 2.86. The molecule has 2 rings (SSSR count). The molecule has 2 aromatic rings. The van der Waals surface area contributed by atoms with E-state index in [2.05, 4.69) is 20.5 Å². The van der Waals surface area contributed by atoms with Crippen molar-refractivity contribution >= 4 is 23.4 Å². The second-order valence-electron chi connectivity index (χ2n) is 3.30. The Bertz CT molecular complexity index is 569. The maximum absolute atomic E-state index is 11.6. The van der Waals surface area contributed by atoms with Crippen molar-refractivity contribution in [3.63, 3.8) is 0 Å². The smallest absolute Gasteiger partial charge is 0.308 e. The minimum atomic E-state index is -0.595. The summed E-state index contributed by atoms with van der Waals surface area (Å²) >= 11 is 5.74. The SMILES string of the molecule is O=C(NNC(=O)c1ccno1)c1cccc(Cl)c1. The molecule has 0 aliphatic rings. The van der Waals surface area contributed by atoms with Gasteiger partial charge in [0.25, 0.3) is 5.91 Å². The zero-order chi connectivity index (χ0) is 13.0. The molecule has 2 amide bonds. The summed E-state index contributed by atoms with van der Waals surface area (Å²) in [5.41, 5.74) is 4.75. The highest BCUT2D eigenvalue weighted by Gasteiger charge is 2.11. The molecule has 0 saturated carbocycles. The Morgan fingerprint density at radius 2 is 1.94 bits per heavy atom. The number of benzene rings is 1. The number of hydrazine groups is 1. The van der Waals surface area contributed by atoms with Gasteiger partial charge in [-0.1, -0.05) is 22.8 Å². The van der Waals surface area contributed by atoms with Gasteiger partial charge in [-0.3, -0.25) is 20.4 Å². The van der Waals surface area contributed by atoms with Gasteiger partial charge >= 0.3 is 5.91 Å². The molecule has 7 heteroatoms. The van der Waals surface area contributed by atoms with Crippen LogP contribution in [0.1, 0.15) is 20.9 Å². The third-order valence-electron chi connectivity index (χ3n) is 2.04. The Kier molecular flexibility index (Phi) is 3.59. The standard InChI is InChI=1S/C11H8ClN3O3/c12-8-3-1-2-7(6-8)10(16)14-15-11(17)9-4-5-13-18-9/h1-6H,(H,14,16)(H,15,17). The summed E-state index contributed by atoms with van der Waals surface area (Å²) < 4.78 is 4.62. The van der Waals surface area contributed by atoms with Gasteiger partial charge in [0.05, 0.1) is 6.20 Å². The number of nitrogens with one attached hydrogen (secondary N) is 2. The van der Waals surface area contributed by atoms with Gasteiger partial charge in [0.1, 0.15) is 0 Å². The summed E-state index contributed by atoms with van der Waals surface area (Å²) in [6, 6.07) is 7.71. The first kappa shape index (κ1) is 12.1. The van der Waals surface area contributed by atoms with Crippen LogP contribution in [0.5, 0.6) is 0 Å². The molecule has 0 aliphatic carbocycles. The van der Waals surface area contributed by atoms with Gasteiger partial charge in [0.2, 0.25) is 5.76 Å². The van der Waals surface area contributed by atoms with Crippen molar-refractivity contribution in [3.8, 4) is 0 Å². The van der Waals surface area contributed by atoms with Crippen LogP contribution in [0.2, 0.25) is 5.02 Å². The lowest BCUT2D eigenvalue weighted by Gasteiger charge is -2.05. The molecule has 1 aromatic carbocycles. The molecule has 1 aromatic heterocycles. The van der Waals surface area contributed by atoms with Crippen molar-refractivity contribution in [2.45, 2.75) is 0 Å². The van der Waals surface area contributed by atoms with Crippen LogP contribution >= 0.6 is 11.6 Å². The summed E-state index contributed by atoms with van der Waals surface area (Å²) in [4.78, 5) is 23.1. The largest absolute Gasteiger partial charge is 0.351 e. The Morgan fingerprint density at radius 1 is 1.17 bits per heavy atom. The summed E-state index contributed by atoms with van der Waals surface area (Å²) in [6.07, 6.45) is 1.33. The van der Waals surface area contributed by atoms with E-state index in [0.717, 1.165) is 0 Å². The highest BCUT2D eigenvalue weighted by molar-refractivity contribution is 6.30. The predicted molar refractivity (Wildman–Crippen MR) is 62.9 cm³/mol. The molecular weight excluding hydrogens is 258 g/mol. The fraction of sp³-hybridized carbons (Fsp3) is 0. The van der Waals surface area contributed by atoms with Crippen molar-refractivity contribution in [1.82, 2.24) is 16.0 Å². The summed E-state index contributed by atoms with van der Waals surface area (Å²) in [5.74, 6) is -1.07. The number of rotatable bonds is 2. The third-order valence-corrected chi connectivity index (χ3v) is 2.27. The lowest BCUT2D eigenvalue weighted by atomic mass is 10.2. The van der Waals surface area contributed by atoms with Gasteiger partial charge < -0.3 is 4.52 Å². The quantitative estimate of drug-likeness (QED) is 0.804. The molecule has 2 N–H and O–H groups in total. The van der Waals surface area contributed by atoms with Crippen LogP contribution in [0.15, 0.2) is 41.1 Å². The van der Waals surface area contributed by atoms with Crippen molar-refractivity contribution < 1.29 is 14.1 Å². The van der Waals surface area contributed by atoms with Crippen molar-refractivity contribution in [1.29, 1.82) is 0 Å². The van der Waals surface area contributed by atoms with Gasteiger partial charge in [0.15, 0.2) is 0 Å². The van der Waals surface area contributed by atoms with Crippen LogP contribution in [0.3, 0.4) is 0 Å². The monoisotopic (exact) mass is 265 g/mol. The minimum Gasteiger partial charge on any atom is -0.351 e. The zero-order valence-electron chi connectivity index (χ0n) is 9.01. The van der Waals surface area contributed by atoms with Crippen LogP contribution < -0.4 is 10.9 Å². The molecule has 18 heavy (non-hydrogen) atoms. The Balaban J connectivity index is 1.95. The van der Waals surface area contributed by atoms with Crippen molar-refractivity contribution in [3.05, 3.63) is 52.9 Å². The minimum absolute atomic E-state index is 0.00129. The molecular formula is C11H8ClN3O3. The number of halogens is 1. The van der Waals surface area contributed by atoms with E-state index in [1.165, 1.54) is 18.3 Å². The van der Waals surface area contributed by atoms with Gasteiger partial charge in [-0.2, -0.15) is 0 Å². The summed E-state index contributed by atoms with van der Waals surface area (Å²) in [7, 11) is 0. The van der Waals surface area contributed by atoms with E-state index >= 15 is 0 Å². The maximum atomic E-state index is 11.6. The molecule has 0 fully saturated rings. The molecule has 0 unspecified atom stereocenters. The predicted octanol–water partition coefficient (Wildman–Crippen LogP) is 1.40. The topological polar surface area (TPSA) is 84.2 Å². The van der Waals surface area contributed by atoms with Crippen LogP contribution in [-0.4, -0.2) is 17.0 Å². The second-order valence-corrected chi connectivity index (χ2v) is 3.73. The molecule has 92 valence electrons. The van der Waals surface area contributed by atoms with E-state index in [9.17, 15) is 9.59 Å². The number of nitrogens with zero attached hydrogens (tertiary/aromatic N) is 1.